The Balaban J connectivity index is 2.10. The maximum Gasteiger partial charge on any atom is 0.147 e. The van der Waals surface area contributed by atoms with Gasteiger partial charge in [0.05, 0.1) is 10.2 Å². The first-order valence-corrected chi connectivity index (χ1v) is 7.03. The SMILES string of the molecule is CCC(C)CC(C)Nc1ncnc2ccsc12. The molecule has 3 nitrogen and oxygen atoms in total. The lowest BCUT2D eigenvalue weighted by molar-refractivity contribution is 0.483. The molecule has 92 valence electrons. The zero-order chi connectivity index (χ0) is 12.3. The van der Waals surface area contributed by atoms with E-state index >= 15 is 0 Å². The third kappa shape index (κ3) is 2.94. The van der Waals surface area contributed by atoms with Crippen molar-refractivity contribution in [3.05, 3.63) is 17.8 Å². The number of nitrogens with zero attached hydrogens (tertiary/aromatic N) is 2. The molecule has 0 aromatic carbocycles. The molecule has 0 fully saturated rings. The minimum Gasteiger partial charge on any atom is -0.366 e. The van der Waals surface area contributed by atoms with E-state index in [1.54, 1.807) is 17.7 Å². The molecule has 0 saturated heterocycles. The topological polar surface area (TPSA) is 37.8 Å². The molecule has 2 aromatic heterocycles. The fraction of sp³-hybridized carbons (Fsp3) is 0.538. The lowest BCUT2D eigenvalue weighted by atomic mass is 10.0. The van der Waals surface area contributed by atoms with Crippen molar-refractivity contribution in [2.24, 2.45) is 5.92 Å². The van der Waals surface area contributed by atoms with Crippen LogP contribution in [0.1, 0.15) is 33.6 Å². The first-order chi connectivity index (χ1) is 8.20. The summed E-state index contributed by atoms with van der Waals surface area (Å²) in [5, 5.41) is 5.55. The van der Waals surface area contributed by atoms with Gasteiger partial charge in [0.1, 0.15) is 12.1 Å². The Hall–Kier alpha value is -1.16. The zero-order valence-corrected chi connectivity index (χ0v) is 11.4. The molecule has 0 radical (unpaired) electrons. The Morgan fingerprint density at radius 1 is 1.35 bits per heavy atom. The summed E-state index contributed by atoms with van der Waals surface area (Å²) in [4.78, 5) is 8.59. The van der Waals surface area contributed by atoms with E-state index in [9.17, 15) is 0 Å². The highest BCUT2D eigenvalue weighted by Crippen LogP contribution is 2.26. The Morgan fingerprint density at radius 3 is 2.94 bits per heavy atom. The molecule has 0 saturated carbocycles. The van der Waals surface area contributed by atoms with Gasteiger partial charge in [-0.3, -0.25) is 0 Å². The van der Waals surface area contributed by atoms with Crippen LogP contribution < -0.4 is 5.32 Å². The average molecular weight is 249 g/mol. The fourth-order valence-corrected chi connectivity index (χ4v) is 2.75. The van der Waals surface area contributed by atoms with Gasteiger partial charge in [0.15, 0.2) is 0 Å². The van der Waals surface area contributed by atoms with Gasteiger partial charge in [-0.2, -0.15) is 0 Å². The van der Waals surface area contributed by atoms with Crippen molar-refractivity contribution < 1.29 is 0 Å². The Kier molecular flexibility index (Phi) is 3.94. The minimum absolute atomic E-state index is 0.449. The standard InChI is InChI=1S/C13H19N3S/c1-4-9(2)7-10(3)16-13-12-11(5-6-17-12)14-8-15-13/h5-6,8-10H,4,7H2,1-3H3,(H,14,15,16). The summed E-state index contributed by atoms with van der Waals surface area (Å²) in [6.45, 7) is 6.74. The smallest absolute Gasteiger partial charge is 0.147 e. The summed E-state index contributed by atoms with van der Waals surface area (Å²) in [5.74, 6) is 1.72. The van der Waals surface area contributed by atoms with E-state index in [4.69, 9.17) is 0 Å². The van der Waals surface area contributed by atoms with Crippen molar-refractivity contribution >= 4 is 27.4 Å². The van der Waals surface area contributed by atoms with Crippen LogP contribution in [0.3, 0.4) is 0 Å². The van der Waals surface area contributed by atoms with E-state index in [0.717, 1.165) is 22.0 Å². The van der Waals surface area contributed by atoms with Gasteiger partial charge in [-0.25, -0.2) is 9.97 Å². The highest BCUT2D eigenvalue weighted by Gasteiger charge is 2.10. The molecule has 2 heterocycles. The average Bonchev–Trinajstić information content (AvgIpc) is 2.78. The fourth-order valence-electron chi connectivity index (χ4n) is 1.95. The first kappa shape index (κ1) is 12.3. The Morgan fingerprint density at radius 2 is 2.18 bits per heavy atom. The van der Waals surface area contributed by atoms with Gasteiger partial charge >= 0.3 is 0 Å². The molecule has 0 aliphatic heterocycles. The molecule has 0 aliphatic carbocycles. The van der Waals surface area contributed by atoms with E-state index in [0.29, 0.717) is 6.04 Å². The normalized spacial score (nSPS) is 14.8. The lowest BCUT2D eigenvalue weighted by Gasteiger charge is -2.18. The van der Waals surface area contributed by atoms with Crippen LogP contribution in [0.2, 0.25) is 0 Å². The van der Waals surface area contributed by atoms with E-state index in [1.807, 2.05) is 6.07 Å². The highest BCUT2D eigenvalue weighted by molar-refractivity contribution is 7.17. The predicted molar refractivity (Wildman–Crippen MR) is 74.6 cm³/mol. The van der Waals surface area contributed by atoms with Crippen LogP contribution in [0.15, 0.2) is 17.8 Å². The third-order valence-corrected chi connectivity index (χ3v) is 3.99. The molecule has 4 heteroatoms. The monoisotopic (exact) mass is 249 g/mol. The first-order valence-electron chi connectivity index (χ1n) is 6.15. The van der Waals surface area contributed by atoms with Gasteiger partial charge in [-0.05, 0) is 30.7 Å². The van der Waals surface area contributed by atoms with Gasteiger partial charge in [0, 0.05) is 6.04 Å². The molecular formula is C13H19N3S. The van der Waals surface area contributed by atoms with Crippen molar-refractivity contribution in [2.75, 3.05) is 5.32 Å². The molecule has 2 unspecified atom stereocenters. The molecule has 0 bridgehead atoms. The number of anilines is 1. The van der Waals surface area contributed by atoms with Crippen molar-refractivity contribution in [1.29, 1.82) is 0 Å². The summed E-state index contributed by atoms with van der Waals surface area (Å²) in [5.41, 5.74) is 1.03. The van der Waals surface area contributed by atoms with Crippen molar-refractivity contribution in [3.8, 4) is 0 Å². The number of rotatable bonds is 5. The van der Waals surface area contributed by atoms with Gasteiger partial charge in [-0.15, -0.1) is 11.3 Å². The predicted octanol–water partition coefficient (Wildman–Crippen LogP) is 3.93. The second kappa shape index (κ2) is 5.45. The molecule has 0 aliphatic rings. The third-order valence-electron chi connectivity index (χ3n) is 3.08. The minimum atomic E-state index is 0.449. The molecule has 0 spiro atoms. The molecule has 0 amide bonds. The second-order valence-corrected chi connectivity index (χ2v) is 5.57. The van der Waals surface area contributed by atoms with E-state index < -0.39 is 0 Å². The van der Waals surface area contributed by atoms with Crippen LogP contribution >= 0.6 is 11.3 Å². The number of fused-ring (bicyclic) bond motifs is 1. The molecule has 2 atom stereocenters. The van der Waals surface area contributed by atoms with E-state index in [1.165, 1.54) is 12.8 Å². The number of aromatic nitrogens is 2. The van der Waals surface area contributed by atoms with Gasteiger partial charge in [-0.1, -0.05) is 20.3 Å². The van der Waals surface area contributed by atoms with Crippen LogP contribution in [-0.4, -0.2) is 16.0 Å². The van der Waals surface area contributed by atoms with Gasteiger partial charge in [0.2, 0.25) is 0 Å². The summed E-state index contributed by atoms with van der Waals surface area (Å²) in [6.07, 6.45) is 4.03. The summed E-state index contributed by atoms with van der Waals surface area (Å²) in [6, 6.07) is 2.48. The van der Waals surface area contributed by atoms with Crippen LogP contribution in [0.4, 0.5) is 5.82 Å². The Bertz CT molecular complexity index is 480. The van der Waals surface area contributed by atoms with Crippen molar-refractivity contribution in [3.63, 3.8) is 0 Å². The largest absolute Gasteiger partial charge is 0.366 e. The van der Waals surface area contributed by atoms with Gasteiger partial charge in [0.25, 0.3) is 0 Å². The second-order valence-electron chi connectivity index (χ2n) is 4.65. The molecule has 2 aromatic rings. The van der Waals surface area contributed by atoms with E-state index in [2.05, 4.69) is 41.4 Å². The van der Waals surface area contributed by atoms with Gasteiger partial charge < -0.3 is 5.32 Å². The lowest BCUT2D eigenvalue weighted by Crippen LogP contribution is -2.19. The molecule has 17 heavy (non-hydrogen) atoms. The quantitative estimate of drug-likeness (QED) is 0.872. The van der Waals surface area contributed by atoms with Crippen LogP contribution in [0.25, 0.3) is 10.2 Å². The molecular weight excluding hydrogens is 230 g/mol. The number of hydrogen-bond donors (Lipinski definition) is 1. The summed E-state index contributed by atoms with van der Waals surface area (Å²) >= 11 is 1.69. The molecule has 2 rings (SSSR count). The zero-order valence-electron chi connectivity index (χ0n) is 10.6. The van der Waals surface area contributed by atoms with Crippen LogP contribution in [0.5, 0.6) is 0 Å². The Labute approximate surface area is 106 Å². The van der Waals surface area contributed by atoms with Crippen molar-refractivity contribution in [1.82, 2.24) is 9.97 Å². The molecule has 1 N–H and O–H groups in total. The van der Waals surface area contributed by atoms with E-state index in [-0.39, 0.29) is 0 Å². The van der Waals surface area contributed by atoms with Crippen molar-refractivity contribution in [2.45, 2.75) is 39.7 Å². The number of hydrogen-bond acceptors (Lipinski definition) is 4. The maximum absolute atomic E-state index is 4.34. The van der Waals surface area contributed by atoms with Crippen LogP contribution in [-0.2, 0) is 0 Å². The van der Waals surface area contributed by atoms with Crippen LogP contribution in [0, 0.1) is 5.92 Å². The maximum atomic E-state index is 4.34. The summed E-state index contributed by atoms with van der Waals surface area (Å²) in [7, 11) is 0. The highest BCUT2D eigenvalue weighted by atomic mass is 32.1. The summed E-state index contributed by atoms with van der Waals surface area (Å²) < 4.78 is 1.16. The number of thiophene rings is 1. The number of nitrogens with one attached hydrogen (secondary N) is 1.